The standard InChI is InChI=1S/C59H72N10O9S2/c1-39-8-17-46(31-48(39)64-58-65-49(37-79-58)45-7-6-20-60-34-45)63-55(73)44-15-11-42(12-16-44)35-67-21-23-68(24-22-67)52(72)19-26-77-28-30-78-29-27-76-25-18-51(71)66-54(59(3,4)5)57(75)69-36-47(70)32-50(69)56(74)61-33-41-9-13-43(14-10-41)53-40(2)62-38-80-53/h6-17,20,31,34,37-38,47,50,54,70H,18-19,21-30,32-33,35-36H2,1-5H3,(H,61,74)(H,63,73)(H,64,65)(H,66,71)/t47-,50+,54-/m1/s1. The highest BCUT2D eigenvalue weighted by Crippen LogP contribution is 2.31. The molecule has 0 radical (unpaired) electrons. The van der Waals surface area contributed by atoms with E-state index in [0.717, 1.165) is 68.0 Å². The molecule has 5 N–H and O–H groups in total. The van der Waals surface area contributed by atoms with Crippen LogP contribution < -0.4 is 21.3 Å². The van der Waals surface area contributed by atoms with E-state index in [0.29, 0.717) is 44.1 Å². The van der Waals surface area contributed by atoms with Crippen molar-refractivity contribution in [3.05, 3.63) is 130 Å². The van der Waals surface area contributed by atoms with Crippen LogP contribution in [-0.2, 0) is 46.5 Å². The number of likely N-dealkylation sites (tertiary alicyclic amines) is 1. The Labute approximate surface area is 475 Å². The summed E-state index contributed by atoms with van der Waals surface area (Å²) >= 11 is 3.07. The zero-order chi connectivity index (χ0) is 56.6. The van der Waals surface area contributed by atoms with Crippen LogP contribution in [-0.4, -0.2) is 155 Å². The lowest BCUT2D eigenvalue weighted by Crippen LogP contribution is -2.57. The molecule has 0 spiro atoms. The average Bonchev–Trinajstić information content (AvgIpc) is 4.25. The molecule has 3 atom stereocenters. The number of aliphatic hydroxyl groups is 1. The Morgan fingerprint density at radius 1 is 0.812 bits per heavy atom. The molecule has 424 valence electrons. The first-order valence-electron chi connectivity index (χ1n) is 27.0. The highest BCUT2D eigenvalue weighted by molar-refractivity contribution is 7.14. The first kappa shape index (κ1) is 59.1. The van der Waals surface area contributed by atoms with Gasteiger partial charge >= 0.3 is 0 Å². The summed E-state index contributed by atoms with van der Waals surface area (Å²) in [6.07, 6.45) is 3.03. The van der Waals surface area contributed by atoms with Gasteiger partial charge in [0.2, 0.25) is 23.6 Å². The molecule has 2 aliphatic heterocycles. The molecule has 5 heterocycles. The van der Waals surface area contributed by atoms with Gasteiger partial charge in [-0.25, -0.2) is 9.97 Å². The van der Waals surface area contributed by atoms with Crippen molar-refractivity contribution in [3.63, 3.8) is 0 Å². The van der Waals surface area contributed by atoms with Gasteiger partial charge in [0.1, 0.15) is 12.1 Å². The molecule has 0 unspecified atom stereocenters. The summed E-state index contributed by atoms with van der Waals surface area (Å²) in [5.41, 5.74) is 9.99. The van der Waals surface area contributed by atoms with Gasteiger partial charge in [-0.05, 0) is 77.9 Å². The molecule has 2 fully saturated rings. The molecule has 2 saturated heterocycles. The second-order valence-corrected chi connectivity index (χ2v) is 22.7. The van der Waals surface area contributed by atoms with Crippen molar-refractivity contribution in [2.24, 2.45) is 5.41 Å². The minimum atomic E-state index is -0.942. The van der Waals surface area contributed by atoms with Gasteiger partial charge < -0.3 is 50.4 Å². The normalized spacial score (nSPS) is 16.1. The fraction of sp³-hybridized carbons (Fsp3) is 0.424. The highest BCUT2D eigenvalue weighted by atomic mass is 32.1. The topological polar surface area (TPSA) is 230 Å². The lowest BCUT2D eigenvalue weighted by Gasteiger charge is -2.35. The van der Waals surface area contributed by atoms with E-state index < -0.39 is 29.5 Å². The number of benzene rings is 3. The lowest BCUT2D eigenvalue weighted by molar-refractivity contribution is -0.144. The van der Waals surface area contributed by atoms with Crippen LogP contribution in [0.2, 0.25) is 0 Å². The van der Waals surface area contributed by atoms with Crippen LogP contribution >= 0.6 is 22.7 Å². The van der Waals surface area contributed by atoms with Crippen molar-refractivity contribution in [1.29, 1.82) is 0 Å². The first-order valence-corrected chi connectivity index (χ1v) is 28.8. The van der Waals surface area contributed by atoms with Crippen LogP contribution in [0.3, 0.4) is 0 Å². The Balaban J connectivity index is 0.651. The summed E-state index contributed by atoms with van der Waals surface area (Å²) in [6.45, 7) is 14.7. The summed E-state index contributed by atoms with van der Waals surface area (Å²) < 4.78 is 16.9. The monoisotopic (exact) mass is 1130 g/mol. The molecule has 6 aromatic rings. The zero-order valence-electron chi connectivity index (χ0n) is 46.1. The summed E-state index contributed by atoms with van der Waals surface area (Å²) in [5, 5.41) is 25.5. The Hall–Kier alpha value is -6.98. The molecule has 0 bridgehead atoms. The largest absolute Gasteiger partial charge is 0.391 e. The van der Waals surface area contributed by atoms with E-state index in [2.05, 4.69) is 36.1 Å². The van der Waals surface area contributed by atoms with Gasteiger partial charge in [0, 0.05) is 98.9 Å². The van der Waals surface area contributed by atoms with Crippen molar-refractivity contribution in [2.45, 2.75) is 85.2 Å². The third kappa shape index (κ3) is 16.8. The van der Waals surface area contributed by atoms with Crippen LogP contribution in [0.25, 0.3) is 21.7 Å². The molecule has 80 heavy (non-hydrogen) atoms. The van der Waals surface area contributed by atoms with Crippen molar-refractivity contribution in [2.75, 3.05) is 83.0 Å². The SMILES string of the molecule is Cc1ccc(NC(=O)c2ccc(CN3CCN(C(=O)CCOCCOCCOCCC(=O)N[C@H](C(=O)N4C[C@H](O)C[C@H]4C(=O)NCc4ccc(-c5scnc5C)cc4)C(C)(C)C)CC3)cc2)cc1Nc1nc(-c2cccnc2)cs1. The van der Waals surface area contributed by atoms with E-state index in [4.69, 9.17) is 19.2 Å². The molecular weight excluding hydrogens is 1060 g/mol. The lowest BCUT2D eigenvalue weighted by atomic mass is 9.85. The van der Waals surface area contributed by atoms with Gasteiger partial charge in [-0.2, -0.15) is 0 Å². The number of aryl methyl sites for hydroxylation is 2. The third-order valence-electron chi connectivity index (χ3n) is 13.9. The van der Waals surface area contributed by atoms with Gasteiger partial charge in [0.05, 0.1) is 73.9 Å². The second-order valence-electron chi connectivity index (χ2n) is 21.0. The summed E-state index contributed by atoms with van der Waals surface area (Å²) in [4.78, 5) is 86.6. The minimum absolute atomic E-state index is 0.0112. The van der Waals surface area contributed by atoms with E-state index >= 15 is 0 Å². The van der Waals surface area contributed by atoms with Crippen molar-refractivity contribution in [3.8, 4) is 21.7 Å². The number of thiazole rings is 2. The number of aliphatic hydroxyl groups excluding tert-OH is 1. The minimum Gasteiger partial charge on any atom is -0.391 e. The van der Waals surface area contributed by atoms with Gasteiger partial charge in [-0.3, -0.25) is 33.9 Å². The molecule has 0 saturated carbocycles. The summed E-state index contributed by atoms with van der Waals surface area (Å²) in [6, 6.07) is 23.3. The molecule has 3 aromatic heterocycles. The van der Waals surface area contributed by atoms with Crippen LogP contribution in [0.1, 0.15) is 72.8 Å². The number of amides is 5. The fourth-order valence-electron chi connectivity index (χ4n) is 9.34. The molecule has 2 aliphatic rings. The molecular formula is C59H72N10O9S2. The predicted molar refractivity (Wildman–Crippen MR) is 309 cm³/mol. The number of nitrogens with zero attached hydrogens (tertiary/aromatic N) is 6. The van der Waals surface area contributed by atoms with Crippen molar-refractivity contribution in [1.82, 2.24) is 40.3 Å². The van der Waals surface area contributed by atoms with Crippen LogP contribution in [0.15, 0.2) is 102 Å². The van der Waals surface area contributed by atoms with Crippen LogP contribution in [0.4, 0.5) is 16.5 Å². The van der Waals surface area contributed by atoms with E-state index in [9.17, 15) is 29.1 Å². The maximum atomic E-state index is 14.0. The third-order valence-corrected chi connectivity index (χ3v) is 15.7. The number of carbonyl (C=O) groups excluding carboxylic acids is 5. The smallest absolute Gasteiger partial charge is 0.255 e. The molecule has 21 heteroatoms. The van der Waals surface area contributed by atoms with Crippen LogP contribution in [0.5, 0.6) is 0 Å². The Bertz CT molecular complexity index is 3010. The van der Waals surface area contributed by atoms with Crippen molar-refractivity contribution >= 4 is 68.7 Å². The van der Waals surface area contributed by atoms with Gasteiger partial charge in [-0.1, -0.05) is 63.2 Å². The molecule has 5 amide bonds. The number of piperazine rings is 1. The fourth-order valence-corrected chi connectivity index (χ4v) is 10.9. The number of pyridine rings is 1. The molecule has 8 rings (SSSR count). The Morgan fingerprint density at radius 3 is 2.19 bits per heavy atom. The number of anilines is 3. The number of rotatable bonds is 25. The zero-order valence-corrected chi connectivity index (χ0v) is 47.7. The predicted octanol–water partition coefficient (Wildman–Crippen LogP) is 7.22. The number of ether oxygens (including phenoxy) is 3. The number of nitrogens with one attached hydrogen (secondary N) is 4. The maximum Gasteiger partial charge on any atom is 0.255 e. The van der Waals surface area contributed by atoms with Gasteiger partial charge in [0.15, 0.2) is 5.13 Å². The molecule has 3 aromatic carbocycles. The van der Waals surface area contributed by atoms with Crippen LogP contribution in [0, 0.1) is 19.3 Å². The number of hydrogen-bond donors (Lipinski definition) is 5. The quantitative estimate of drug-likeness (QED) is 0.0357. The van der Waals surface area contributed by atoms with E-state index in [1.54, 1.807) is 23.7 Å². The first-order chi connectivity index (χ1) is 38.6. The average molecular weight is 1130 g/mol. The van der Waals surface area contributed by atoms with E-state index in [-0.39, 0.29) is 82.4 Å². The number of β-amino-alcohol motifs (C(OH)–C–C–N with tert-alkyl or cyclic N) is 1. The number of carbonyl (C=O) groups is 5. The Kier molecular flexibility index (Phi) is 21.0. The van der Waals surface area contributed by atoms with Gasteiger partial charge in [-0.15, -0.1) is 22.7 Å². The van der Waals surface area contributed by atoms with E-state index in [1.165, 1.54) is 16.2 Å². The maximum absolute atomic E-state index is 14.0. The molecule has 0 aliphatic carbocycles. The number of aromatic nitrogens is 3. The number of hydrogen-bond acceptors (Lipinski definition) is 16. The summed E-state index contributed by atoms with van der Waals surface area (Å²) in [5.74, 6) is -1.33. The van der Waals surface area contributed by atoms with Gasteiger partial charge in [0.25, 0.3) is 5.91 Å². The second kappa shape index (κ2) is 28.4. The Morgan fingerprint density at radius 2 is 1.51 bits per heavy atom. The van der Waals surface area contributed by atoms with E-state index in [1.807, 2.05) is 129 Å². The van der Waals surface area contributed by atoms with Crippen molar-refractivity contribution < 1.29 is 43.3 Å². The highest BCUT2D eigenvalue weighted by Gasteiger charge is 2.44. The molecule has 19 nitrogen and oxygen atoms in total. The summed E-state index contributed by atoms with van der Waals surface area (Å²) in [7, 11) is 0.